The Morgan fingerprint density at radius 1 is 1.17 bits per heavy atom. The zero-order valence-corrected chi connectivity index (χ0v) is 15.7. The molecule has 0 aliphatic heterocycles. The van der Waals surface area contributed by atoms with E-state index in [2.05, 4.69) is 23.3 Å². The molecule has 0 saturated carbocycles. The van der Waals surface area contributed by atoms with Crippen LogP contribution in [0.2, 0.25) is 5.02 Å². The maximum absolute atomic E-state index is 11.5. The molecule has 0 spiro atoms. The first kappa shape index (κ1) is 18.8. The fourth-order valence-electron chi connectivity index (χ4n) is 2.37. The Bertz CT molecular complexity index is 661. The van der Waals surface area contributed by atoms with Gasteiger partial charge in [-0.1, -0.05) is 35.9 Å². The Balaban J connectivity index is 1.72. The third-order valence-corrected chi connectivity index (χ3v) is 5.28. The molecule has 0 aliphatic carbocycles. The smallest absolute Gasteiger partial charge is 0.251 e. The van der Waals surface area contributed by atoms with Gasteiger partial charge in [-0.25, -0.2) is 0 Å². The number of benzene rings is 2. The summed E-state index contributed by atoms with van der Waals surface area (Å²) < 4.78 is 0. The molecule has 0 radical (unpaired) electrons. The van der Waals surface area contributed by atoms with Gasteiger partial charge >= 0.3 is 0 Å². The second-order valence-electron chi connectivity index (χ2n) is 5.65. The highest BCUT2D eigenvalue weighted by Gasteiger charge is 2.05. The SMILES string of the molecule is CNC(=O)c1ccc(CN(C)CCCSc2ccccc2Cl)cc1. The average Bonchev–Trinajstić information content (AvgIpc) is 2.60. The van der Waals surface area contributed by atoms with E-state index in [0.29, 0.717) is 5.56 Å². The van der Waals surface area contributed by atoms with Crippen molar-refractivity contribution in [2.24, 2.45) is 0 Å². The lowest BCUT2D eigenvalue weighted by molar-refractivity contribution is 0.0963. The Labute approximate surface area is 153 Å². The molecule has 0 bridgehead atoms. The Morgan fingerprint density at radius 3 is 2.54 bits per heavy atom. The van der Waals surface area contributed by atoms with Gasteiger partial charge in [0.25, 0.3) is 5.91 Å². The standard InChI is InChI=1S/C19H23ClN2OS/c1-21-19(23)16-10-8-15(9-11-16)14-22(2)12-5-13-24-18-7-4-3-6-17(18)20/h3-4,6-11H,5,12-14H2,1-2H3,(H,21,23). The van der Waals surface area contributed by atoms with Crippen LogP contribution < -0.4 is 5.32 Å². The summed E-state index contributed by atoms with van der Waals surface area (Å²) in [6.07, 6.45) is 1.10. The number of amides is 1. The van der Waals surface area contributed by atoms with Crippen molar-refractivity contribution < 1.29 is 4.79 Å². The fraction of sp³-hybridized carbons (Fsp3) is 0.316. The van der Waals surface area contributed by atoms with Crippen LogP contribution in [0.5, 0.6) is 0 Å². The van der Waals surface area contributed by atoms with Crippen molar-refractivity contribution in [2.45, 2.75) is 17.9 Å². The second kappa shape index (κ2) is 9.72. The summed E-state index contributed by atoms with van der Waals surface area (Å²) in [7, 11) is 3.76. The number of carbonyl (C=O) groups is 1. The van der Waals surface area contributed by atoms with E-state index in [0.717, 1.165) is 35.2 Å². The second-order valence-corrected chi connectivity index (χ2v) is 7.19. The van der Waals surface area contributed by atoms with E-state index in [1.807, 2.05) is 42.5 Å². The van der Waals surface area contributed by atoms with Crippen LogP contribution in [0.25, 0.3) is 0 Å². The predicted octanol–water partition coefficient (Wildman–Crippen LogP) is 4.31. The number of nitrogens with one attached hydrogen (secondary N) is 1. The van der Waals surface area contributed by atoms with E-state index in [-0.39, 0.29) is 5.91 Å². The van der Waals surface area contributed by atoms with Crippen LogP contribution in [-0.2, 0) is 6.54 Å². The van der Waals surface area contributed by atoms with Gasteiger partial charge in [-0.3, -0.25) is 4.79 Å². The van der Waals surface area contributed by atoms with Crippen LogP contribution >= 0.6 is 23.4 Å². The third-order valence-electron chi connectivity index (χ3n) is 3.67. The lowest BCUT2D eigenvalue weighted by Crippen LogP contribution is -2.20. The van der Waals surface area contributed by atoms with Crippen molar-refractivity contribution in [3.8, 4) is 0 Å². The van der Waals surface area contributed by atoms with Gasteiger partial charge in [-0.15, -0.1) is 11.8 Å². The minimum Gasteiger partial charge on any atom is -0.355 e. The molecule has 1 amide bonds. The van der Waals surface area contributed by atoms with Gasteiger partial charge in [0.1, 0.15) is 0 Å². The normalized spacial score (nSPS) is 10.8. The fourth-order valence-corrected chi connectivity index (χ4v) is 3.55. The highest BCUT2D eigenvalue weighted by atomic mass is 35.5. The quantitative estimate of drug-likeness (QED) is 0.561. The maximum atomic E-state index is 11.5. The number of nitrogens with zero attached hydrogens (tertiary/aromatic N) is 1. The zero-order chi connectivity index (χ0) is 17.4. The first-order valence-corrected chi connectivity index (χ1v) is 9.33. The van der Waals surface area contributed by atoms with Gasteiger partial charge in [0.05, 0.1) is 5.02 Å². The lowest BCUT2D eigenvalue weighted by Gasteiger charge is -2.16. The minimum absolute atomic E-state index is 0.0495. The molecule has 0 heterocycles. The molecule has 0 unspecified atom stereocenters. The van der Waals surface area contributed by atoms with Gasteiger partial charge < -0.3 is 10.2 Å². The summed E-state index contributed by atoms with van der Waals surface area (Å²) in [5.74, 6) is 0.996. The van der Waals surface area contributed by atoms with Crippen LogP contribution in [-0.4, -0.2) is 37.2 Å². The molecular formula is C19H23ClN2OS. The monoisotopic (exact) mass is 362 g/mol. The summed E-state index contributed by atoms with van der Waals surface area (Å²) in [5.41, 5.74) is 1.91. The molecule has 0 aliphatic rings. The van der Waals surface area contributed by atoms with E-state index in [1.165, 1.54) is 5.56 Å². The molecule has 0 atom stereocenters. The van der Waals surface area contributed by atoms with E-state index in [9.17, 15) is 4.79 Å². The molecule has 1 N–H and O–H groups in total. The summed E-state index contributed by atoms with van der Waals surface area (Å²) in [6.45, 7) is 1.90. The number of rotatable bonds is 8. The molecule has 0 fully saturated rings. The maximum Gasteiger partial charge on any atom is 0.251 e. The molecule has 128 valence electrons. The Kier molecular flexibility index (Phi) is 7.63. The van der Waals surface area contributed by atoms with Gasteiger partial charge in [-0.05, 0) is 55.6 Å². The van der Waals surface area contributed by atoms with Crippen LogP contribution in [0, 0.1) is 0 Å². The largest absolute Gasteiger partial charge is 0.355 e. The van der Waals surface area contributed by atoms with E-state index < -0.39 is 0 Å². The molecular weight excluding hydrogens is 340 g/mol. The molecule has 5 heteroatoms. The van der Waals surface area contributed by atoms with Crippen molar-refractivity contribution in [3.63, 3.8) is 0 Å². The number of halogens is 1. The first-order valence-electron chi connectivity index (χ1n) is 7.97. The number of hydrogen-bond donors (Lipinski definition) is 1. The van der Waals surface area contributed by atoms with Crippen molar-refractivity contribution in [2.75, 3.05) is 26.4 Å². The lowest BCUT2D eigenvalue weighted by atomic mass is 10.1. The van der Waals surface area contributed by atoms with Crippen molar-refractivity contribution in [1.82, 2.24) is 10.2 Å². The highest BCUT2D eigenvalue weighted by molar-refractivity contribution is 7.99. The Hall–Kier alpha value is -1.49. The summed E-state index contributed by atoms with van der Waals surface area (Å²) in [6, 6.07) is 15.7. The highest BCUT2D eigenvalue weighted by Crippen LogP contribution is 2.26. The van der Waals surface area contributed by atoms with Gasteiger partial charge in [0.15, 0.2) is 0 Å². The molecule has 2 rings (SSSR count). The third kappa shape index (κ3) is 5.86. The Morgan fingerprint density at radius 2 is 1.88 bits per heavy atom. The summed E-state index contributed by atoms with van der Waals surface area (Å²) in [4.78, 5) is 15.0. The predicted molar refractivity (Wildman–Crippen MR) is 103 cm³/mol. The average molecular weight is 363 g/mol. The summed E-state index contributed by atoms with van der Waals surface area (Å²) >= 11 is 7.96. The number of thioether (sulfide) groups is 1. The molecule has 2 aromatic carbocycles. The zero-order valence-electron chi connectivity index (χ0n) is 14.1. The molecule has 3 nitrogen and oxygen atoms in total. The molecule has 0 saturated heterocycles. The van der Waals surface area contributed by atoms with Gasteiger partial charge in [0, 0.05) is 24.1 Å². The van der Waals surface area contributed by atoms with Crippen LogP contribution in [0.3, 0.4) is 0 Å². The van der Waals surface area contributed by atoms with Crippen molar-refractivity contribution in [3.05, 3.63) is 64.7 Å². The minimum atomic E-state index is -0.0495. The summed E-state index contributed by atoms with van der Waals surface area (Å²) in [5, 5.41) is 3.46. The number of hydrogen-bond acceptors (Lipinski definition) is 3. The topological polar surface area (TPSA) is 32.3 Å². The van der Waals surface area contributed by atoms with Crippen LogP contribution in [0.15, 0.2) is 53.4 Å². The van der Waals surface area contributed by atoms with Gasteiger partial charge in [0.2, 0.25) is 0 Å². The van der Waals surface area contributed by atoms with Crippen molar-refractivity contribution in [1.29, 1.82) is 0 Å². The van der Waals surface area contributed by atoms with Crippen LogP contribution in [0.1, 0.15) is 22.3 Å². The molecule has 24 heavy (non-hydrogen) atoms. The van der Waals surface area contributed by atoms with E-state index in [4.69, 9.17) is 11.6 Å². The van der Waals surface area contributed by atoms with Gasteiger partial charge in [-0.2, -0.15) is 0 Å². The van der Waals surface area contributed by atoms with Crippen LogP contribution in [0.4, 0.5) is 0 Å². The van der Waals surface area contributed by atoms with E-state index in [1.54, 1.807) is 18.8 Å². The molecule has 2 aromatic rings. The number of carbonyl (C=O) groups excluding carboxylic acids is 1. The molecule has 0 aromatic heterocycles. The van der Waals surface area contributed by atoms with Crippen molar-refractivity contribution >= 4 is 29.3 Å². The first-order chi connectivity index (χ1) is 11.6. The van der Waals surface area contributed by atoms with E-state index >= 15 is 0 Å².